The largest absolute Gasteiger partial charge is 0.437 e. The van der Waals surface area contributed by atoms with Crippen LogP contribution in [0.1, 0.15) is 54.4 Å². The molecule has 0 radical (unpaired) electrons. The van der Waals surface area contributed by atoms with E-state index in [0.29, 0.717) is 17.8 Å². The molecule has 12 heteroatoms. The van der Waals surface area contributed by atoms with Crippen LogP contribution in [-0.2, 0) is 10.0 Å². The summed E-state index contributed by atoms with van der Waals surface area (Å²) in [5, 5.41) is 16.0. The molecule has 1 aromatic heterocycles. The highest BCUT2D eigenvalue weighted by Gasteiger charge is 2.29. The molecule has 38 heavy (non-hydrogen) atoms. The quantitative estimate of drug-likeness (QED) is 0.290. The molecule has 1 heterocycles. The van der Waals surface area contributed by atoms with E-state index >= 15 is 0 Å². The van der Waals surface area contributed by atoms with Crippen molar-refractivity contribution in [3.05, 3.63) is 68.9 Å². The first-order valence-corrected chi connectivity index (χ1v) is 13.7. The summed E-state index contributed by atoms with van der Waals surface area (Å²) in [4.78, 5) is 25.1. The van der Waals surface area contributed by atoms with Crippen LogP contribution < -0.4 is 9.46 Å². The van der Waals surface area contributed by atoms with E-state index in [0.717, 1.165) is 23.6 Å². The number of amides is 1. The third-order valence-electron chi connectivity index (χ3n) is 5.79. The van der Waals surface area contributed by atoms with Crippen molar-refractivity contribution in [1.29, 1.82) is 0 Å². The average molecular weight is 544 g/mol. The van der Waals surface area contributed by atoms with Crippen LogP contribution in [0.15, 0.2) is 41.3 Å². The summed E-state index contributed by atoms with van der Waals surface area (Å²) in [6.07, 6.45) is 0.759. The molecule has 3 rings (SSSR count). The summed E-state index contributed by atoms with van der Waals surface area (Å²) < 4.78 is 36.4. The highest BCUT2D eigenvalue weighted by atomic mass is 32.2. The van der Waals surface area contributed by atoms with E-state index < -0.39 is 31.6 Å². The summed E-state index contributed by atoms with van der Waals surface area (Å²) in [5.41, 5.74) is 2.59. The number of nitrogens with one attached hydrogen (secondary N) is 1. The van der Waals surface area contributed by atoms with Gasteiger partial charge in [0.15, 0.2) is 5.69 Å². The molecule has 0 unspecified atom stereocenters. The second kappa shape index (κ2) is 11.3. The smallest absolute Gasteiger partial charge is 0.274 e. The van der Waals surface area contributed by atoms with Gasteiger partial charge < -0.3 is 9.64 Å². The van der Waals surface area contributed by atoms with Gasteiger partial charge in [0.2, 0.25) is 15.9 Å². The molecule has 0 atom stereocenters. The van der Waals surface area contributed by atoms with Crippen molar-refractivity contribution >= 4 is 21.6 Å². The van der Waals surface area contributed by atoms with Crippen molar-refractivity contribution in [3.63, 3.8) is 0 Å². The number of non-ortho nitro benzene ring substituents is 1. The zero-order chi connectivity index (χ0) is 28.4. The highest BCUT2D eigenvalue weighted by Crippen LogP contribution is 2.36. The Hall–Kier alpha value is -3.77. The minimum absolute atomic E-state index is 0.127. The van der Waals surface area contributed by atoms with Gasteiger partial charge in [0, 0.05) is 37.3 Å². The first-order valence-electron chi connectivity index (χ1n) is 12.2. The predicted molar refractivity (Wildman–Crippen MR) is 144 cm³/mol. The number of nitrogens with zero attached hydrogens (tertiary/aromatic N) is 4. The van der Waals surface area contributed by atoms with E-state index in [1.54, 1.807) is 32.7 Å². The van der Waals surface area contributed by atoms with Crippen LogP contribution >= 0.6 is 0 Å². The van der Waals surface area contributed by atoms with Gasteiger partial charge in [-0.1, -0.05) is 19.1 Å². The molecule has 0 spiro atoms. The lowest BCUT2D eigenvalue weighted by Crippen LogP contribution is -2.30. The summed E-state index contributed by atoms with van der Waals surface area (Å²) >= 11 is 0. The van der Waals surface area contributed by atoms with E-state index in [1.807, 2.05) is 39.0 Å². The second-order valence-corrected chi connectivity index (χ2v) is 11.2. The van der Waals surface area contributed by atoms with Gasteiger partial charge in [-0.05, 0) is 64.3 Å². The molecule has 1 amide bonds. The van der Waals surface area contributed by atoms with Crippen molar-refractivity contribution < 1.29 is 22.9 Å². The molecular weight excluding hydrogens is 510 g/mol. The molecule has 0 aliphatic heterocycles. The summed E-state index contributed by atoms with van der Waals surface area (Å²) in [6.45, 7) is 11.2. The van der Waals surface area contributed by atoms with E-state index in [-0.39, 0.29) is 23.2 Å². The lowest BCUT2D eigenvalue weighted by atomic mass is 10.1. The number of aromatic nitrogens is 2. The van der Waals surface area contributed by atoms with Gasteiger partial charge in [-0.3, -0.25) is 14.9 Å². The molecular formula is C26H33N5O6S. The fourth-order valence-electron chi connectivity index (χ4n) is 3.91. The van der Waals surface area contributed by atoms with Gasteiger partial charge in [-0.2, -0.15) is 9.78 Å². The number of benzene rings is 2. The Kier molecular flexibility index (Phi) is 8.58. The second-order valence-electron chi connectivity index (χ2n) is 9.47. The number of nitro groups is 1. The number of hydrogen-bond donors (Lipinski definition) is 1. The van der Waals surface area contributed by atoms with Crippen LogP contribution in [-0.4, -0.2) is 53.6 Å². The summed E-state index contributed by atoms with van der Waals surface area (Å²) in [6, 6.07) is 8.62. The number of carbonyl (C=O) groups excluding carboxylic acids is 1. The van der Waals surface area contributed by atoms with Crippen LogP contribution in [0.4, 0.5) is 5.69 Å². The summed E-state index contributed by atoms with van der Waals surface area (Å²) in [7, 11) is -2.50. The fourth-order valence-corrected chi connectivity index (χ4v) is 5.31. The third-order valence-corrected chi connectivity index (χ3v) is 7.47. The lowest BCUT2D eigenvalue weighted by Gasteiger charge is -2.16. The minimum atomic E-state index is -4.19. The fraction of sp³-hybridized carbons (Fsp3) is 0.385. The van der Waals surface area contributed by atoms with Crippen molar-refractivity contribution in [3.8, 4) is 17.3 Å². The minimum Gasteiger partial charge on any atom is -0.437 e. The lowest BCUT2D eigenvalue weighted by molar-refractivity contribution is -0.385. The number of rotatable bonds is 10. The summed E-state index contributed by atoms with van der Waals surface area (Å²) in [5.74, 6) is -0.322. The maximum atomic E-state index is 13.2. The molecule has 0 bridgehead atoms. The van der Waals surface area contributed by atoms with E-state index in [2.05, 4.69) is 9.82 Å². The van der Waals surface area contributed by atoms with Gasteiger partial charge >= 0.3 is 0 Å². The SMILES string of the molecule is CCCN(C)C(=O)c1nn(-c2cc(C)ccc2C)c(Oc2ccc([N+](=O)[O-])cc2S(=O)(=O)NC(C)C)c1C. The van der Waals surface area contributed by atoms with E-state index in [9.17, 15) is 23.3 Å². The Labute approximate surface area is 222 Å². The van der Waals surface area contributed by atoms with Gasteiger partial charge in [-0.15, -0.1) is 0 Å². The maximum absolute atomic E-state index is 13.2. The molecule has 0 aliphatic carbocycles. The molecule has 3 aromatic rings. The number of nitro benzene ring substituents is 1. The molecule has 0 saturated carbocycles. The number of sulfonamides is 1. The zero-order valence-corrected chi connectivity index (χ0v) is 23.4. The average Bonchev–Trinajstić information content (AvgIpc) is 3.15. The number of aryl methyl sites for hydroxylation is 2. The van der Waals surface area contributed by atoms with Crippen LogP contribution in [0.5, 0.6) is 11.6 Å². The molecule has 0 aliphatic rings. The first kappa shape index (κ1) is 28.8. The topological polar surface area (TPSA) is 137 Å². The number of hydrogen-bond acceptors (Lipinski definition) is 7. The Morgan fingerprint density at radius 2 is 1.87 bits per heavy atom. The first-order chi connectivity index (χ1) is 17.8. The number of ether oxygens (including phenoxy) is 1. The van der Waals surface area contributed by atoms with Crippen LogP contribution in [0.2, 0.25) is 0 Å². The predicted octanol–water partition coefficient (Wildman–Crippen LogP) is 4.67. The van der Waals surface area contributed by atoms with Gasteiger partial charge in [0.1, 0.15) is 10.6 Å². The van der Waals surface area contributed by atoms with Crippen molar-refractivity contribution in [2.24, 2.45) is 0 Å². The standard InChI is InChI=1S/C26H33N5O6S/c1-8-13-29(7)25(32)24-19(6)26(30(27-24)21-14-17(4)9-10-18(21)5)37-22-12-11-20(31(33)34)15-23(22)38(35,36)28-16(2)3/h9-12,14-16,28H,8,13H2,1-7H3. The third kappa shape index (κ3) is 6.03. The van der Waals surface area contributed by atoms with E-state index in [1.165, 1.54) is 16.8 Å². The van der Waals surface area contributed by atoms with Crippen LogP contribution in [0.3, 0.4) is 0 Å². The monoisotopic (exact) mass is 543 g/mol. The highest BCUT2D eigenvalue weighted by molar-refractivity contribution is 7.89. The van der Waals surface area contributed by atoms with Gasteiger partial charge in [0.25, 0.3) is 11.6 Å². The molecule has 204 valence electrons. The maximum Gasteiger partial charge on any atom is 0.274 e. The molecule has 11 nitrogen and oxygen atoms in total. The number of carbonyl (C=O) groups is 1. The Morgan fingerprint density at radius 3 is 2.47 bits per heavy atom. The van der Waals surface area contributed by atoms with Crippen LogP contribution in [0.25, 0.3) is 5.69 Å². The Balaban J connectivity index is 2.27. The van der Waals surface area contributed by atoms with Gasteiger partial charge in [0.05, 0.1) is 10.6 Å². The zero-order valence-electron chi connectivity index (χ0n) is 22.6. The van der Waals surface area contributed by atoms with Crippen LogP contribution in [0, 0.1) is 30.9 Å². The Morgan fingerprint density at radius 1 is 1.18 bits per heavy atom. The van der Waals surface area contributed by atoms with Crippen molar-refractivity contribution in [2.45, 2.75) is 58.9 Å². The molecule has 1 N–H and O–H groups in total. The molecule has 2 aromatic carbocycles. The van der Waals surface area contributed by atoms with E-state index in [4.69, 9.17) is 4.74 Å². The Bertz CT molecular complexity index is 1480. The normalized spacial score (nSPS) is 11.6. The molecule has 0 fully saturated rings. The van der Waals surface area contributed by atoms with Crippen molar-refractivity contribution in [1.82, 2.24) is 19.4 Å². The molecule has 0 saturated heterocycles. The van der Waals surface area contributed by atoms with Gasteiger partial charge in [-0.25, -0.2) is 13.1 Å². The van der Waals surface area contributed by atoms with Crippen molar-refractivity contribution in [2.75, 3.05) is 13.6 Å².